The van der Waals surface area contributed by atoms with Crippen LogP contribution in [0.2, 0.25) is 5.02 Å². The Balaban J connectivity index is 1.83. The number of carbonyl (C=O) groups is 1. The van der Waals surface area contributed by atoms with Crippen molar-refractivity contribution in [1.82, 2.24) is 9.88 Å². The predicted molar refractivity (Wildman–Crippen MR) is 115 cm³/mol. The Morgan fingerprint density at radius 1 is 1.22 bits per heavy atom. The molecule has 0 spiro atoms. The van der Waals surface area contributed by atoms with Gasteiger partial charge in [-0.25, -0.2) is 4.98 Å². The number of hydrazone groups is 1. The molecule has 1 aliphatic heterocycles. The summed E-state index contributed by atoms with van der Waals surface area (Å²) in [7, 11) is 0. The van der Waals surface area contributed by atoms with Gasteiger partial charge in [0.05, 0.1) is 15.4 Å². The van der Waals surface area contributed by atoms with Crippen LogP contribution in [0.4, 0.5) is 10.8 Å². The number of benzene rings is 1. The molecule has 1 fully saturated rings. The zero-order valence-electron chi connectivity index (χ0n) is 16.5. The highest BCUT2D eigenvalue weighted by Gasteiger charge is 2.30. The number of hydrogen-bond acceptors (Lipinski definition) is 6. The van der Waals surface area contributed by atoms with E-state index in [1.807, 2.05) is 51.7 Å². The normalized spacial score (nSPS) is 15.2. The largest absolute Gasteiger partial charge is 0.365 e. The Labute approximate surface area is 169 Å². The van der Waals surface area contributed by atoms with Crippen molar-refractivity contribution in [3.05, 3.63) is 17.2 Å². The third-order valence-electron chi connectivity index (χ3n) is 4.38. The third kappa shape index (κ3) is 4.35. The van der Waals surface area contributed by atoms with Crippen molar-refractivity contribution >= 4 is 55.6 Å². The Kier molecular flexibility index (Phi) is 5.63. The molecule has 1 amide bonds. The van der Waals surface area contributed by atoms with Gasteiger partial charge < -0.3 is 9.80 Å². The van der Waals surface area contributed by atoms with Gasteiger partial charge in [0.2, 0.25) is 11.0 Å². The summed E-state index contributed by atoms with van der Waals surface area (Å²) in [6, 6.07) is 3.91. The quantitative estimate of drug-likeness (QED) is 0.603. The molecule has 0 saturated carbocycles. The Morgan fingerprint density at radius 2 is 1.89 bits per heavy atom. The van der Waals surface area contributed by atoms with Crippen LogP contribution in [-0.2, 0) is 4.79 Å². The zero-order valence-corrected chi connectivity index (χ0v) is 18.0. The predicted octanol–water partition coefficient (Wildman–Crippen LogP) is 4.45. The van der Waals surface area contributed by atoms with E-state index < -0.39 is 0 Å². The minimum atomic E-state index is -0.354. The lowest BCUT2D eigenvalue weighted by Crippen LogP contribution is -2.51. The van der Waals surface area contributed by atoms with Gasteiger partial charge in [-0.15, -0.1) is 0 Å². The molecule has 2 heterocycles. The van der Waals surface area contributed by atoms with Gasteiger partial charge >= 0.3 is 0 Å². The molecular weight excluding hydrogens is 382 g/mol. The first kappa shape index (κ1) is 19.9. The molecule has 6 nitrogen and oxygen atoms in total. The number of carbonyl (C=O) groups excluding carboxylic acids is 1. The third-order valence-corrected chi connectivity index (χ3v) is 5.62. The molecule has 0 atom stereocenters. The zero-order chi connectivity index (χ0) is 19.8. The minimum absolute atomic E-state index is 0.194. The van der Waals surface area contributed by atoms with Crippen LogP contribution in [0.5, 0.6) is 0 Å². The summed E-state index contributed by atoms with van der Waals surface area (Å²) < 4.78 is 1.06. The second kappa shape index (κ2) is 7.64. The molecule has 2 aromatic rings. The lowest BCUT2D eigenvalue weighted by atomic mass is 9.94. The van der Waals surface area contributed by atoms with E-state index >= 15 is 0 Å². The molecule has 1 saturated heterocycles. The van der Waals surface area contributed by atoms with Gasteiger partial charge in [0.25, 0.3) is 0 Å². The fourth-order valence-electron chi connectivity index (χ4n) is 3.07. The molecule has 1 N–H and O–H groups in total. The van der Waals surface area contributed by atoms with Gasteiger partial charge in [0.15, 0.2) is 0 Å². The fraction of sp³-hybridized carbons (Fsp3) is 0.526. The van der Waals surface area contributed by atoms with Gasteiger partial charge in [0, 0.05) is 37.3 Å². The highest BCUT2D eigenvalue weighted by molar-refractivity contribution is 7.22. The highest BCUT2D eigenvalue weighted by atomic mass is 35.5. The van der Waals surface area contributed by atoms with Crippen LogP contribution in [0.15, 0.2) is 17.2 Å². The number of fused-ring (bicyclic) bond motifs is 1. The van der Waals surface area contributed by atoms with Gasteiger partial charge in [-0.1, -0.05) is 43.7 Å². The van der Waals surface area contributed by atoms with Crippen LogP contribution in [-0.4, -0.2) is 47.7 Å². The Morgan fingerprint density at radius 3 is 2.48 bits per heavy atom. The molecule has 8 heteroatoms. The molecule has 146 valence electrons. The van der Waals surface area contributed by atoms with Crippen molar-refractivity contribution in [1.29, 1.82) is 0 Å². The molecule has 1 aromatic carbocycles. The average Bonchev–Trinajstić information content (AvgIpc) is 3.02. The standard InChI is InChI=1S/C19H26ClN5OS/c1-12(2)22-23-18-21-15-14(27-18)7-6-13(20)16(15)24-8-10-25(11-9-24)17(26)19(3,4)5/h6-7H,8-11H2,1-5H3,(H,21,23). The Bertz CT molecular complexity index is 874. The molecule has 27 heavy (non-hydrogen) atoms. The van der Waals surface area contributed by atoms with Crippen molar-refractivity contribution in [3.8, 4) is 0 Å². The number of hydrogen-bond donors (Lipinski definition) is 1. The number of nitrogens with one attached hydrogen (secondary N) is 1. The lowest BCUT2D eigenvalue weighted by molar-refractivity contribution is -0.139. The van der Waals surface area contributed by atoms with E-state index in [4.69, 9.17) is 16.6 Å². The molecular formula is C19H26ClN5OS. The highest BCUT2D eigenvalue weighted by Crippen LogP contribution is 2.38. The minimum Gasteiger partial charge on any atom is -0.365 e. The van der Waals surface area contributed by atoms with Gasteiger partial charge in [-0.05, 0) is 26.0 Å². The summed E-state index contributed by atoms with van der Waals surface area (Å²) in [5.41, 5.74) is 5.41. The molecule has 0 unspecified atom stereocenters. The molecule has 3 rings (SSSR count). The Hall–Kier alpha value is -1.86. The van der Waals surface area contributed by atoms with Crippen LogP contribution < -0.4 is 10.3 Å². The lowest BCUT2D eigenvalue weighted by Gasteiger charge is -2.39. The van der Waals surface area contributed by atoms with Crippen LogP contribution >= 0.6 is 22.9 Å². The number of rotatable bonds is 3. The van der Waals surface area contributed by atoms with Crippen molar-refractivity contribution in [2.75, 3.05) is 36.5 Å². The van der Waals surface area contributed by atoms with Crippen molar-refractivity contribution in [2.45, 2.75) is 34.6 Å². The summed E-state index contributed by atoms with van der Waals surface area (Å²) in [4.78, 5) is 21.4. The number of amides is 1. The van der Waals surface area contributed by atoms with Crippen LogP contribution in [0, 0.1) is 5.41 Å². The smallest absolute Gasteiger partial charge is 0.228 e. The van der Waals surface area contributed by atoms with Crippen molar-refractivity contribution in [3.63, 3.8) is 0 Å². The first-order valence-corrected chi connectivity index (χ1v) is 10.3. The SMILES string of the molecule is CC(C)=NNc1nc2c(N3CCN(C(=O)C(C)(C)C)CC3)c(Cl)ccc2s1. The van der Waals surface area contributed by atoms with E-state index in [-0.39, 0.29) is 11.3 Å². The maximum Gasteiger partial charge on any atom is 0.228 e. The second-order valence-corrected chi connectivity index (χ2v) is 9.40. The van der Waals surface area contributed by atoms with E-state index in [0.29, 0.717) is 18.1 Å². The number of aromatic nitrogens is 1. The fourth-order valence-corrected chi connectivity index (χ4v) is 4.15. The van der Waals surface area contributed by atoms with E-state index in [1.165, 1.54) is 0 Å². The molecule has 1 aliphatic rings. The van der Waals surface area contributed by atoms with Gasteiger partial charge in [0.1, 0.15) is 5.52 Å². The summed E-state index contributed by atoms with van der Waals surface area (Å²) >= 11 is 8.10. The number of thiazole rings is 1. The average molecular weight is 408 g/mol. The van der Waals surface area contributed by atoms with Crippen LogP contribution in [0.3, 0.4) is 0 Å². The number of nitrogens with zero attached hydrogens (tertiary/aromatic N) is 4. The summed E-state index contributed by atoms with van der Waals surface area (Å²) in [6.07, 6.45) is 0. The summed E-state index contributed by atoms with van der Waals surface area (Å²) in [6.45, 7) is 12.6. The van der Waals surface area contributed by atoms with Gasteiger partial charge in [-0.3, -0.25) is 10.2 Å². The molecule has 0 bridgehead atoms. The molecule has 1 aromatic heterocycles. The first-order chi connectivity index (χ1) is 12.7. The second-order valence-electron chi connectivity index (χ2n) is 7.96. The molecule has 0 aliphatic carbocycles. The van der Waals surface area contributed by atoms with E-state index in [0.717, 1.165) is 39.8 Å². The maximum atomic E-state index is 12.5. The number of halogens is 1. The first-order valence-electron chi connectivity index (χ1n) is 9.07. The van der Waals surface area contributed by atoms with E-state index in [1.54, 1.807) is 11.3 Å². The van der Waals surface area contributed by atoms with Crippen molar-refractivity contribution in [2.24, 2.45) is 10.5 Å². The molecule has 0 radical (unpaired) electrons. The van der Waals surface area contributed by atoms with E-state index in [9.17, 15) is 4.79 Å². The maximum absolute atomic E-state index is 12.5. The van der Waals surface area contributed by atoms with Crippen LogP contribution in [0.25, 0.3) is 10.2 Å². The van der Waals surface area contributed by atoms with Gasteiger partial charge in [-0.2, -0.15) is 5.10 Å². The number of anilines is 2. The van der Waals surface area contributed by atoms with Crippen molar-refractivity contribution < 1.29 is 4.79 Å². The number of piperazine rings is 1. The van der Waals surface area contributed by atoms with Crippen LogP contribution in [0.1, 0.15) is 34.6 Å². The summed E-state index contributed by atoms with van der Waals surface area (Å²) in [5.74, 6) is 0.194. The van der Waals surface area contributed by atoms with E-state index in [2.05, 4.69) is 15.4 Å². The summed E-state index contributed by atoms with van der Waals surface area (Å²) in [5, 5.41) is 5.66. The monoisotopic (exact) mass is 407 g/mol. The topological polar surface area (TPSA) is 60.8 Å².